The number of amides is 5. The van der Waals surface area contributed by atoms with E-state index in [2.05, 4.69) is 16.0 Å². The summed E-state index contributed by atoms with van der Waals surface area (Å²) in [7, 11) is 0. The largest absolute Gasteiger partial charge is 0.381 e. The fourth-order valence-electron chi connectivity index (χ4n) is 3.92. The maximum atomic E-state index is 12.0. The van der Waals surface area contributed by atoms with Crippen molar-refractivity contribution in [2.75, 3.05) is 25.5 Å². The predicted octanol–water partition coefficient (Wildman–Crippen LogP) is 1.65. The molecule has 3 N–H and O–H groups in total. The molecule has 2 rings (SSSR count). The van der Waals surface area contributed by atoms with Gasteiger partial charge in [0.1, 0.15) is 0 Å². The van der Waals surface area contributed by atoms with E-state index in [0.717, 1.165) is 44.8 Å². The minimum absolute atomic E-state index is 0.0447. The van der Waals surface area contributed by atoms with E-state index in [4.69, 9.17) is 9.57 Å². The number of ether oxygens (including phenoxy) is 1. The molecule has 0 aromatic heterocycles. The summed E-state index contributed by atoms with van der Waals surface area (Å²) < 4.78 is 5.48. The van der Waals surface area contributed by atoms with Gasteiger partial charge in [-0.2, -0.15) is 11.8 Å². The van der Waals surface area contributed by atoms with Gasteiger partial charge in [-0.05, 0) is 32.1 Å². The number of imide groups is 1. The van der Waals surface area contributed by atoms with Crippen LogP contribution in [-0.2, 0) is 28.8 Å². The van der Waals surface area contributed by atoms with Crippen LogP contribution in [0.2, 0.25) is 0 Å². The molecule has 0 bridgehead atoms. The van der Waals surface area contributed by atoms with Crippen LogP contribution in [0, 0.1) is 0 Å². The molecule has 0 spiro atoms. The summed E-state index contributed by atoms with van der Waals surface area (Å²) in [6, 6.07) is 0.381. The topological polar surface area (TPSA) is 143 Å². The van der Waals surface area contributed by atoms with Crippen molar-refractivity contribution >= 4 is 41.5 Å². The van der Waals surface area contributed by atoms with E-state index in [1.807, 2.05) is 11.8 Å². The van der Waals surface area contributed by atoms with Gasteiger partial charge >= 0.3 is 12.0 Å². The zero-order chi connectivity index (χ0) is 25.6. The van der Waals surface area contributed by atoms with Gasteiger partial charge in [-0.1, -0.05) is 13.3 Å². The first-order valence-electron chi connectivity index (χ1n) is 12.4. The van der Waals surface area contributed by atoms with Crippen molar-refractivity contribution in [1.29, 1.82) is 0 Å². The fraction of sp³-hybridized carbons (Fsp3) is 0.783. The standard InChI is InChI=1S/C23H38N4O7S/c1-3-20(30)27(16(2)28)34-21(31)11-8-14-33-13-7-6-12-24-19(29)10-5-4-9-18-22-17(15-35-18)25-23(32)26-22/h17-18,22H,3-15H2,1-2H3,(H,24,29)(H2,25,26,32). The summed E-state index contributed by atoms with van der Waals surface area (Å²) in [5.74, 6) is -0.840. The Morgan fingerprint density at radius 3 is 2.57 bits per heavy atom. The lowest BCUT2D eigenvalue weighted by Crippen LogP contribution is -2.36. The summed E-state index contributed by atoms with van der Waals surface area (Å²) >= 11 is 1.89. The minimum Gasteiger partial charge on any atom is -0.381 e. The molecule has 0 aromatic rings. The number of hydrogen-bond acceptors (Lipinski definition) is 8. The molecule has 3 unspecified atom stereocenters. The number of nitrogens with zero attached hydrogens (tertiary/aromatic N) is 1. The molecule has 2 saturated heterocycles. The minimum atomic E-state index is -0.651. The third-order valence-corrected chi connectivity index (χ3v) is 7.30. The van der Waals surface area contributed by atoms with Crippen molar-refractivity contribution in [3.05, 3.63) is 0 Å². The summed E-state index contributed by atoms with van der Waals surface area (Å²) in [6.45, 7) is 4.22. The highest BCUT2D eigenvalue weighted by molar-refractivity contribution is 8.00. The lowest BCUT2D eigenvalue weighted by molar-refractivity contribution is -0.201. The van der Waals surface area contributed by atoms with Crippen molar-refractivity contribution < 1.29 is 33.5 Å². The number of urea groups is 1. The average Bonchev–Trinajstić information content (AvgIpc) is 3.37. The molecule has 198 valence electrons. The van der Waals surface area contributed by atoms with Gasteiger partial charge in [-0.3, -0.25) is 14.4 Å². The van der Waals surface area contributed by atoms with Gasteiger partial charge in [0.2, 0.25) is 5.91 Å². The zero-order valence-corrected chi connectivity index (χ0v) is 21.5. The number of hydroxylamine groups is 2. The van der Waals surface area contributed by atoms with Gasteiger partial charge in [0.05, 0.1) is 18.5 Å². The summed E-state index contributed by atoms with van der Waals surface area (Å²) in [5.41, 5.74) is 0. The molecule has 11 nitrogen and oxygen atoms in total. The SMILES string of the molecule is CCC(=O)N(OC(=O)CCCOCCCCNC(=O)CCCCC1SCC2NC(=O)NC21)C(C)=O. The molecule has 0 aliphatic carbocycles. The van der Waals surface area contributed by atoms with Crippen LogP contribution in [0.5, 0.6) is 0 Å². The Morgan fingerprint density at radius 1 is 1.06 bits per heavy atom. The highest BCUT2D eigenvalue weighted by Gasteiger charge is 2.42. The molecular weight excluding hydrogens is 476 g/mol. The Bertz CT molecular complexity index is 751. The van der Waals surface area contributed by atoms with Crippen molar-refractivity contribution in [3.8, 4) is 0 Å². The fourth-order valence-corrected chi connectivity index (χ4v) is 5.47. The number of carbonyl (C=O) groups excluding carboxylic acids is 5. The number of rotatable bonds is 15. The van der Waals surface area contributed by atoms with Crippen LogP contribution in [-0.4, -0.2) is 77.6 Å². The van der Waals surface area contributed by atoms with Crippen molar-refractivity contribution in [1.82, 2.24) is 21.0 Å². The van der Waals surface area contributed by atoms with Gasteiger partial charge in [-0.15, -0.1) is 5.06 Å². The first kappa shape index (κ1) is 28.9. The maximum Gasteiger partial charge on any atom is 0.333 e. The highest BCUT2D eigenvalue weighted by atomic mass is 32.2. The number of nitrogens with one attached hydrogen (secondary N) is 3. The van der Waals surface area contributed by atoms with E-state index in [-0.39, 0.29) is 36.9 Å². The molecule has 12 heteroatoms. The van der Waals surface area contributed by atoms with Crippen LogP contribution >= 0.6 is 11.8 Å². The summed E-state index contributed by atoms with van der Waals surface area (Å²) in [4.78, 5) is 62.8. The molecule has 0 saturated carbocycles. The molecule has 35 heavy (non-hydrogen) atoms. The summed E-state index contributed by atoms with van der Waals surface area (Å²) in [6.07, 6.45) is 5.43. The third-order valence-electron chi connectivity index (χ3n) is 5.80. The van der Waals surface area contributed by atoms with E-state index in [1.54, 1.807) is 6.92 Å². The predicted molar refractivity (Wildman–Crippen MR) is 130 cm³/mol. The van der Waals surface area contributed by atoms with E-state index < -0.39 is 17.8 Å². The molecule has 2 aliphatic rings. The Hall–Kier alpha value is -2.34. The van der Waals surface area contributed by atoms with Gasteiger partial charge in [0.15, 0.2) is 0 Å². The Kier molecular flexibility index (Phi) is 12.9. The van der Waals surface area contributed by atoms with Gasteiger partial charge in [-0.25, -0.2) is 9.59 Å². The van der Waals surface area contributed by atoms with Crippen molar-refractivity contribution in [2.45, 2.75) is 89.0 Å². The van der Waals surface area contributed by atoms with Gasteiger partial charge in [0.25, 0.3) is 11.8 Å². The van der Waals surface area contributed by atoms with E-state index in [0.29, 0.717) is 42.9 Å². The Labute approximate surface area is 210 Å². The number of fused-ring (bicyclic) bond motifs is 1. The number of hydrogen-bond donors (Lipinski definition) is 3. The van der Waals surface area contributed by atoms with E-state index in [1.165, 1.54) is 0 Å². The molecule has 2 aliphatic heterocycles. The molecule has 3 atom stereocenters. The number of carbonyl (C=O) groups is 5. The second kappa shape index (κ2) is 15.6. The maximum absolute atomic E-state index is 12.0. The number of unbranched alkanes of at least 4 members (excludes halogenated alkanes) is 2. The normalized spacial score (nSPS) is 20.5. The first-order chi connectivity index (χ1) is 16.8. The van der Waals surface area contributed by atoms with Crippen LogP contribution in [0.15, 0.2) is 0 Å². The lowest BCUT2D eigenvalue weighted by atomic mass is 10.0. The quantitative estimate of drug-likeness (QED) is 0.170. The summed E-state index contributed by atoms with van der Waals surface area (Å²) in [5, 5.41) is 9.77. The molecular formula is C23H38N4O7S. The zero-order valence-electron chi connectivity index (χ0n) is 20.6. The number of thioether (sulfide) groups is 1. The van der Waals surface area contributed by atoms with Crippen molar-refractivity contribution in [3.63, 3.8) is 0 Å². The van der Waals surface area contributed by atoms with Crippen LogP contribution in [0.1, 0.15) is 71.6 Å². The van der Waals surface area contributed by atoms with Crippen LogP contribution < -0.4 is 16.0 Å². The third kappa shape index (κ3) is 10.4. The van der Waals surface area contributed by atoms with Crippen LogP contribution in [0.3, 0.4) is 0 Å². The second-order valence-corrected chi connectivity index (χ2v) is 9.94. The molecule has 2 fully saturated rings. The van der Waals surface area contributed by atoms with Crippen molar-refractivity contribution in [2.24, 2.45) is 0 Å². The van der Waals surface area contributed by atoms with Crippen LogP contribution in [0.4, 0.5) is 4.79 Å². The average molecular weight is 515 g/mol. The monoisotopic (exact) mass is 514 g/mol. The van der Waals surface area contributed by atoms with Gasteiger partial charge < -0.3 is 25.5 Å². The molecule has 0 aromatic carbocycles. The first-order valence-corrected chi connectivity index (χ1v) is 13.4. The smallest absolute Gasteiger partial charge is 0.333 e. The molecule has 2 heterocycles. The Balaban J connectivity index is 1.39. The van der Waals surface area contributed by atoms with E-state index >= 15 is 0 Å². The van der Waals surface area contributed by atoms with Crippen LogP contribution in [0.25, 0.3) is 0 Å². The second-order valence-electron chi connectivity index (χ2n) is 8.66. The molecule has 0 radical (unpaired) electrons. The molecule has 5 amide bonds. The Morgan fingerprint density at radius 2 is 1.83 bits per heavy atom. The highest BCUT2D eigenvalue weighted by Crippen LogP contribution is 2.33. The van der Waals surface area contributed by atoms with E-state index in [9.17, 15) is 24.0 Å². The lowest BCUT2D eigenvalue weighted by Gasteiger charge is -2.16. The van der Waals surface area contributed by atoms with Gasteiger partial charge in [0, 0.05) is 50.5 Å².